The topological polar surface area (TPSA) is 41.6 Å². The molecule has 1 amide bonds. The number of carbonyl (C=O) groups is 1. The third-order valence-corrected chi connectivity index (χ3v) is 4.87. The van der Waals surface area contributed by atoms with Crippen molar-refractivity contribution in [3.8, 4) is 0 Å². The lowest BCUT2D eigenvalue weighted by Crippen LogP contribution is -2.43. The first-order valence-corrected chi connectivity index (χ1v) is 9.14. The van der Waals surface area contributed by atoms with E-state index in [1.165, 1.54) is 24.3 Å². The van der Waals surface area contributed by atoms with Crippen LogP contribution in [0.4, 0.5) is 8.78 Å². The van der Waals surface area contributed by atoms with Gasteiger partial charge in [0.15, 0.2) is 0 Å². The highest BCUT2D eigenvalue weighted by Crippen LogP contribution is 2.22. The van der Waals surface area contributed by atoms with Crippen LogP contribution in [0.2, 0.25) is 0 Å². The lowest BCUT2D eigenvalue weighted by Gasteiger charge is -2.35. The maximum Gasteiger partial charge on any atom is 0.254 e. The summed E-state index contributed by atoms with van der Waals surface area (Å²) in [6.07, 6.45) is 0. The van der Waals surface area contributed by atoms with Crippen LogP contribution in [0.3, 0.4) is 0 Å². The number of hydrogen-bond donors (Lipinski definition) is 1. The number of nitrogens with one attached hydrogen (secondary N) is 1. The maximum atomic E-state index is 14.0. The lowest BCUT2D eigenvalue weighted by molar-refractivity contribution is 0.0162. The molecule has 2 aromatic carbocycles. The van der Waals surface area contributed by atoms with E-state index in [1.807, 2.05) is 0 Å². The molecule has 1 aliphatic heterocycles. The average molecular weight is 425 g/mol. The smallest absolute Gasteiger partial charge is 0.254 e. The third kappa shape index (κ3) is 4.66. The molecule has 0 bridgehead atoms. The van der Waals surface area contributed by atoms with Crippen molar-refractivity contribution in [2.24, 2.45) is 0 Å². The van der Waals surface area contributed by atoms with Crippen molar-refractivity contribution in [2.75, 3.05) is 32.8 Å². The van der Waals surface area contributed by atoms with Crippen molar-refractivity contribution in [1.82, 2.24) is 10.2 Å². The second-order valence-corrected chi connectivity index (χ2v) is 6.97. The molecule has 1 atom stereocenters. The van der Waals surface area contributed by atoms with Crippen LogP contribution < -0.4 is 5.32 Å². The lowest BCUT2D eigenvalue weighted by atomic mass is 10.0. The third-order valence-electron chi connectivity index (χ3n) is 4.37. The van der Waals surface area contributed by atoms with Gasteiger partial charge in [0, 0.05) is 24.1 Å². The predicted molar refractivity (Wildman–Crippen MR) is 98.0 cm³/mol. The maximum absolute atomic E-state index is 14.0. The van der Waals surface area contributed by atoms with E-state index in [2.05, 4.69) is 26.1 Å². The molecule has 0 aromatic heterocycles. The van der Waals surface area contributed by atoms with E-state index in [9.17, 15) is 13.6 Å². The molecule has 1 heterocycles. The van der Waals surface area contributed by atoms with Gasteiger partial charge in [-0.2, -0.15) is 0 Å². The zero-order valence-corrected chi connectivity index (χ0v) is 15.6. The summed E-state index contributed by atoms with van der Waals surface area (Å²) in [7, 11) is 0. The Morgan fingerprint density at radius 3 is 2.50 bits per heavy atom. The number of amides is 1. The molecule has 1 fully saturated rings. The molecule has 0 aliphatic carbocycles. The van der Waals surface area contributed by atoms with Crippen LogP contribution in [0.1, 0.15) is 22.0 Å². The Bertz CT molecular complexity index is 765. The van der Waals surface area contributed by atoms with Gasteiger partial charge in [-0.1, -0.05) is 28.1 Å². The fraction of sp³-hybridized carbons (Fsp3) is 0.316. The minimum atomic E-state index is -0.582. The summed E-state index contributed by atoms with van der Waals surface area (Å²) in [5, 5.41) is 2.80. The van der Waals surface area contributed by atoms with Crippen molar-refractivity contribution in [1.29, 1.82) is 0 Å². The molecule has 0 saturated carbocycles. The summed E-state index contributed by atoms with van der Waals surface area (Å²) in [6, 6.07) is 10.4. The fourth-order valence-corrected chi connectivity index (χ4v) is 3.32. The van der Waals surface area contributed by atoms with Gasteiger partial charge in [0.2, 0.25) is 0 Å². The number of halogens is 3. The first kappa shape index (κ1) is 18.9. The van der Waals surface area contributed by atoms with Crippen molar-refractivity contribution in [2.45, 2.75) is 6.04 Å². The zero-order chi connectivity index (χ0) is 18.5. The van der Waals surface area contributed by atoms with Gasteiger partial charge in [-0.3, -0.25) is 9.69 Å². The zero-order valence-electron chi connectivity index (χ0n) is 14.1. The Morgan fingerprint density at radius 2 is 1.85 bits per heavy atom. The van der Waals surface area contributed by atoms with Crippen LogP contribution in [0.15, 0.2) is 46.9 Å². The van der Waals surface area contributed by atoms with Crippen molar-refractivity contribution >= 4 is 21.8 Å². The van der Waals surface area contributed by atoms with Gasteiger partial charge in [-0.15, -0.1) is 0 Å². The van der Waals surface area contributed by atoms with Gasteiger partial charge in [-0.05, 0) is 35.9 Å². The van der Waals surface area contributed by atoms with E-state index in [4.69, 9.17) is 4.74 Å². The van der Waals surface area contributed by atoms with Crippen molar-refractivity contribution in [3.05, 3.63) is 69.7 Å². The van der Waals surface area contributed by atoms with Gasteiger partial charge >= 0.3 is 0 Å². The number of ether oxygens (including phenoxy) is 1. The molecule has 138 valence electrons. The highest BCUT2D eigenvalue weighted by Gasteiger charge is 2.24. The number of morpholine rings is 1. The predicted octanol–water partition coefficient (Wildman–Crippen LogP) is 3.53. The number of carbonyl (C=O) groups excluding carboxylic acids is 1. The molecule has 1 N–H and O–H groups in total. The van der Waals surface area contributed by atoms with Crippen LogP contribution in [0.5, 0.6) is 0 Å². The van der Waals surface area contributed by atoms with E-state index >= 15 is 0 Å². The first-order chi connectivity index (χ1) is 12.5. The van der Waals surface area contributed by atoms with Gasteiger partial charge in [0.05, 0.1) is 24.8 Å². The molecular weight excluding hydrogens is 406 g/mol. The van der Waals surface area contributed by atoms with Crippen LogP contribution >= 0.6 is 15.9 Å². The molecule has 0 spiro atoms. The van der Waals surface area contributed by atoms with Crippen molar-refractivity contribution < 1.29 is 18.3 Å². The molecular formula is C19H19BrF2N2O2. The normalized spacial score (nSPS) is 16.3. The quantitative estimate of drug-likeness (QED) is 0.797. The summed E-state index contributed by atoms with van der Waals surface area (Å²) in [4.78, 5) is 14.6. The average Bonchev–Trinajstić information content (AvgIpc) is 2.64. The molecule has 26 heavy (non-hydrogen) atoms. The van der Waals surface area contributed by atoms with Crippen molar-refractivity contribution in [3.63, 3.8) is 0 Å². The molecule has 3 rings (SSSR count). The molecule has 1 aliphatic rings. The largest absolute Gasteiger partial charge is 0.379 e. The second kappa shape index (κ2) is 8.70. The van der Waals surface area contributed by atoms with E-state index in [-0.39, 0.29) is 17.4 Å². The highest BCUT2D eigenvalue weighted by atomic mass is 79.9. The van der Waals surface area contributed by atoms with E-state index in [0.29, 0.717) is 37.3 Å². The van der Waals surface area contributed by atoms with Gasteiger partial charge in [0.1, 0.15) is 11.6 Å². The molecule has 1 unspecified atom stereocenters. The van der Waals surface area contributed by atoms with Crippen LogP contribution in [-0.4, -0.2) is 43.7 Å². The number of benzene rings is 2. The minimum Gasteiger partial charge on any atom is -0.379 e. The summed E-state index contributed by atoms with van der Waals surface area (Å²) in [5.74, 6) is -1.37. The highest BCUT2D eigenvalue weighted by molar-refractivity contribution is 9.10. The second-order valence-electron chi connectivity index (χ2n) is 6.05. The number of nitrogens with zero attached hydrogens (tertiary/aromatic N) is 1. The summed E-state index contributed by atoms with van der Waals surface area (Å²) in [5.41, 5.74) is 0.887. The SMILES string of the molecule is O=C(NCC(c1ccc(F)cc1)N1CCOCC1)c1ccc(Br)cc1F. The standard InChI is InChI=1S/C19H19BrF2N2O2/c20-14-3-6-16(17(22)11-14)19(25)23-12-18(24-7-9-26-10-8-24)13-1-4-15(21)5-2-13/h1-6,11,18H,7-10,12H2,(H,23,25). The monoisotopic (exact) mass is 424 g/mol. The van der Waals surface area contributed by atoms with Gasteiger partial charge in [0.25, 0.3) is 5.91 Å². The minimum absolute atomic E-state index is 0.00645. The molecule has 7 heteroatoms. The Kier molecular flexibility index (Phi) is 6.34. The van der Waals surface area contributed by atoms with Crippen LogP contribution in [-0.2, 0) is 4.74 Å². The molecule has 4 nitrogen and oxygen atoms in total. The van der Waals surface area contributed by atoms with E-state index in [0.717, 1.165) is 5.56 Å². The first-order valence-electron chi connectivity index (χ1n) is 8.35. The van der Waals surface area contributed by atoms with E-state index < -0.39 is 11.7 Å². The van der Waals surface area contributed by atoms with E-state index in [1.54, 1.807) is 18.2 Å². The van der Waals surface area contributed by atoms with Gasteiger partial charge < -0.3 is 10.1 Å². The summed E-state index contributed by atoms with van der Waals surface area (Å²) in [6.45, 7) is 2.93. The molecule has 2 aromatic rings. The Balaban J connectivity index is 1.74. The fourth-order valence-electron chi connectivity index (χ4n) is 2.99. The Morgan fingerprint density at radius 1 is 1.15 bits per heavy atom. The number of hydrogen-bond acceptors (Lipinski definition) is 3. The van der Waals surface area contributed by atoms with Gasteiger partial charge in [-0.25, -0.2) is 8.78 Å². The summed E-state index contributed by atoms with van der Waals surface area (Å²) >= 11 is 3.18. The molecule has 1 saturated heterocycles. The Hall–Kier alpha value is -1.83. The summed E-state index contributed by atoms with van der Waals surface area (Å²) < 4.78 is 33.2. The van der Waals surface area contributed by atoms with Crippen LogP contribution in [0, 0.1) is 11.6 Å². The van der Waals surface area contributed by atoms with Crippen LogP contribution in [0.25, 0.3) is 0 Å². The molecule has 0 radical (unpaired) electrons. The number of rotatable bonds is 5. The Labute approximate surface area is 159 Å².